The van der Waals surface area contributed by atoms with Crippen LogP contribution >= 0.6 is 0 Å². The number of alkyl halides is 3. The average Bonchev–Trinajstić information content (AvgIpc) is 3.20. The number of carbonyl (C=O) groups is 2. The van der Waals surface area contributed by atoms with Gasteiger partial charge in [0.25, 0.3) is 0 Å². The predicted octanol–water partition coefficient (Wildman–Crippen LogP) is 3.90. The van der Waals surface area contributed by atoms with Gasteiger partial charge in [0.1, 0.15) is 11.3 Å². The summed E-state index contributed by atoms with van der Waals surface area (Å²) in [6.07, 6.45) is -3.32. The van der Waals surface area contributed by atoms with Crippen LogP contribution in [0.3, 0.4) is 0 Å². The molecule has 14 heteroatoms. The van der Waals surface area contributed by atoms with Crippen molar-refractivity contribution in [2.75, 3.05) is 24.9 Å². The third-order valence-electron chi connectivity index (χ3n) is 7.10. The Morgan fingerprint density at radius 3 is 2.69 bits per heavy atom. The zero-order valence-corrected chi connectivity index (χ0v) is 20.8. The first-order valence-corrected chi connectivity index (χ1v) is 11.7. The molecule has 1 fully saturated rings. The van der Waals surface area contributed by atoms with Crippen LogP contribution in [0.4, 0.5) is 30.5 Å². The number of methoxy groups -OCH3 is 2. The van der Waals surface area contributed by atoms with Crippen LogP contribution in [-0.2, 0) is 22.1 Å². The molecule has 202 valence electrons. The topological polar surface area (TPSA) is 132 Å². The Morgan fingerprint density at radius 2 is 1.97 bits per heavy atom. The summed E-state index contributed by atoms with van der Waals surface area (Å²) in [6.45, 7) is 0. The Balaban J connectivity index is 1.45. The fourth-order valence-electron chi connectivity index (χ4n) is 5.20. The molecule has 2 aliphatic rings. The Hall–Kier alpha value is -4.75. The Kier molecular flexibility index (Phi) is 5.28. The number of rotatable bonds is 6. The Bertz CT molecular complexity index is 1660. The number of benzene rings is 2. The fraction of sp³-hybridized carbons (Fsp3) is 0.280. The fourth-order valence-corrected chi connectivity index (χ4v) is 5.20. The highest BCUT2D eigenvalue weighted by Gasteiger charge is 2.66. The van der Waals surface area contributed by atoms with Gasteiger partial charge in [0.2, 0.25) is 5.91 Å². The van der Waals surface area contributed by atoms with E-state index in [1.165, 1.54) is 18.9 Å². The van der Waals surface area contributed by atoms with Crippen LogP contribution in [0.25, 0.3) is 10.9 Å². The Labute approximate surface area is 218 Å². The number of esters is 1. The minimum atomic E-state index is -5.24. The number of hydrogen-bond donors (Lipinski definition) is 3. The van der Waals surface area contributed by atoms with Crippen molar-refractivity contribution >= 4 is 40.1 Å². The molecule has 0 radical (unpaired) electrons. The molecule has 1 spiro atoms. The van der Waals surface area contributed by atoms with Crippen LogP contribution in [0, 0.1) is 0 Å². The highest BCUT2D eigenvalue weighted by Crippen LogP contribution is 2.67. The second-order valence-electron chi connectivity index (χ2n) is 9.30. The number of hydrogen-bond acceptors (Lipinski definition) is 8. The average molecular weight is 542 g/mol. The van der Waals surface area contributed by atoms with E-state index in [0.717, 1.165) is 0 Å². The number of nitrogens with one attached hydrogen (secondary N) is 3. The van der Waals surface area contributed by atoms with Crippen molar-refractivity contribution in [2.24, 2.45) is 7.05 Å². The predicted molar refractivity (Wildman–Crippen MR) is 131 cm³/mol. The third kappa shape index (κ3) is 3.73. The van der Waals surface area contributed by atoms with Crippen molar-refractivity contribution in [2.45, 2.75) is 23.9 Å². The molecule has 0 unspecified atom stereocenters. The summed E-state index contributed by atoms with van der Waals surface area (Å²) >= 11 is 0. The van der Waals surface area contributed by atoms with Crippen LogP contribution in [0.1, 0.15) is 23.5 Å². The minimum Gasteiger partial charge on any atom is -0.497 e. The number of aromatic nitrogens is 4. The van der Waals surface area contributed by atoms with Crippen molar-refractivity contribution in [3.8, 4) is 17.2 Å². The summed E-state index contributed by atoms with van der Waals surface area (Å²) in [5, 5.41) is 17.3. The van der Waals surface area contributed by atoms with Crippen LogP contribution in [0.2, 0.25) is 0 Å². The molecule has 3 N–H and O–H groups in total. The summed E-state index contributed by atoms with van der Waals surface area (Å²) in [5.74, 6) is -2.12. The number of anilines is 3. The van der Waals surface area contributed by atoms with Gasteiger partial charge in [-0.2, -0.15) is 23.4 Å². The maximum atomic E-state index is 13.3. The molecule has 2 aromatic heterocycles. The SMILES string of the molecule is COc1ccc2c(c1)[C@]1(C[C@H]1c1ccc3c(Nc4nn(C)cc4OC)n[nH]c3c1OC(=O)C(F)(F)F)C(=O)N2. The number of amides is 1. The normalized spacial score (nSPS) is 19.6. The number of H-pyrrole nitrogens is 1. The lowest BCUT2D eigenvalue weighted by Gasteiger charge is -2.15. The molecular weight excluding hydrogens is 521 g/mol. The summed E-state index contributed by atoms with van der Waals surface area (Å²) < 4.78 is 56.9. The first-order valence-electron chi connectivity index (χ1n) is 11.7. The molecule has 1 aliphatic carbocycles. The second kappa shape index (κ2) is 8.38. The van der Waals surface area contributed by atoms with Gasteiger partial charge >= 0.3 is 12.1 Å². The molecule has 11 nitrogen and oxygen atoms in total. The van der Waals surface area contributed by atoms with E-state index in [2.05, 4.69) is 25.9 Å². The second-order valence-corrected chi connectivity index (χ2v) is 9.30. The lowest BCUT2D eigenvalue weighted by atomic mass is 9.91. The molecule has 6 rings (SSSR count). The number of nitrogens with zero attached hydrogens (tertiary/aromatic N) is 3. The van der Waals surface area contributed by atoms with Gasteiger partial charge in [-0.25, -0.2) is 4.79 Å². The summed E-state index contributed by atoms with van der Waals surface area (Å²) in [7, 11) is 4.65. The van der Waals surface area contributed by atoms with Crippen molar-refractivity contribution in [3.63, 3.8) is 0 Å². The molecular formula is C25H21F3N6O5. The lowest BCUT2D eigenvalue weighted by Crippen LogP contribution is -2.28. The minimum absolute atomic E-state index is 0.0498. The summed E-state index contributed by atoms with van der Waals surface area (Å²) in [6, 6.07) is 8.31. The van der Waals surface area contributed by atoms with Gasteiger partial charge < -0.3 is 24.8 Å². The summed E-state index contributed by atoms with van der Waals surface area (Å²) in [5.41, 5.74) is 0.527. The van der Waals surface area contributed by atoms with Crippen LogP contribution in [0.5, 0.6) is 17.2 Å². The van der Waals surface area contributed by atoms with Crippen LogP contribution in [0.15, 0.2) is 36.5 Å². The van der Waals surface area contributed by atoms with E-state index in [1.54, 1.807) is 43.6 Å². The molecule has 1 saturated carbocycles. The van der Waals surface area contributed by atoms with Gasteiger partial charge in [-0.05, 0) is 36.2 Å². The molecule has 0 saturated heterocycles. The Morgan fingerprint density at radius 1 is 1.18 bits per heavy atom. The molecule has 4 aromatic rings. The quantitative estimate of drug-likeness (QED) is 0.247. The van der Waals surface area contributed by atoms with E-state index in [4.69, 9.17) is 14.2 Å². The first-order chi connectivity index (χ1) is 18.6. The van der Waals surface area contributed by atoms with E-state index < -0.39 is 23.5 Å². The monoisotopic (exact) mass is 542 g/mol. The molecule has 0 bridgehead atoms. The zero-order chi connectivity index (χ0) is 27.7. The molecule has 1 amide bonds. The van der Waals surface area contributed by atoms with E-state index in [-0.39, 0.29) is 28.6 Å². The number of ether oxygens (including phenoxy) is 3. The number of fused-ring (bicyclic) bond motifs is 3. The van der Waals surface area contributed by atoms with Crippen molar-refractivity contribution in [1.29, 1.82) is 0 Å². The third-order valence-corrected chi connectivity index (χ3v) is 7.10. The highest BCUT2D eigenvalue weighted by molar-refractivity contribution is 6.10. The van der Waals surface area contributed by atoms with Gasteiger partial charge in [0, 0.05) is 29.6 Å². The van der Waals surface area contributed by atoms with Crippen LogP contribution in [-0.4, -0.2) is 52.3 Å². The van der Waals surface area contributed by atoms with E-state index in [1.807, 2.05) is 0 Å². The van der Waals surface area contributed by atoms with Crippen LogP contribution < -0.4 is 24.8 Å². The number of aromatic amines is 1. The molecule has 39 heavy (non-hydrogen) atoms. The summed E-state index contributed by atoms with van der Waals surface area (Å²) in [4.78, 5) is 25.1. The van der Waals surface area contributed by atoms with E-state index >= 15 is 0 Å². The standard InChI is InChI=1S/C25H21F3N6O5/c1-34-10-17(38-3)21(33-34)30-20-13-6-5-12(19(18(13)31-32-20)39-23(36)25(26,27)28)15-9-24(15)14-8-11(37-2)4-7-16(14)29-22(24)35/h4-8,10,15H,9H2,1-3H3,(H,29,35)(H2,30,31,32,33)/t15-,24-/m0/s1. The number of aryl methyl sites for hydroxylation is 1. The molecule has 3 heterocycles. The first kappa shape index (κ1) is 24.6. The molecule has 1 aliphatic heterocycles. The zero-order valence-electron chi connectivity index (χ0n) is 20.8. The molecule has 2 aromatic carbocycles. The van der Waals surface area contributed by atoms with Gasteiger partial charge in [0.05, 0.1) is 25.8 Å². The van der Waals surface area contributed by atoms with Crippen molar-refractivity contribution < 1.29 is 37.0 Å². The van der Waals surface area contributed by atoms with E-state index in [9.17, 15) is 22.8 Å². The van der Waals surface area contributed by atoms with Crippen molar-refractivity contribution in [1.82, 2.24) is 20.0 Å². The van der Waals surface area contributed by atoms with E-state index in [0.29, 0.717) is 40.4 Å². The molecule has 2 atom stereocenters. The lowest BCUT2D eigenvalue weighted by molar-refractivity contribution is -0.189. The highest BCUT2D eigenvalue weighted by atomic mass is 19.4. The van der Waals surface area contributed by atoms with Gasteiger partial charge in [-0.15, -0.1) is 0 Å². The maximum Gasteiger partial charge on any atom is 0.491 e. The maximum absolute atomic E-state index is 13.3. The smallest absolute Gasteiger partial charge is 0.491 e. The van der Waals surface area contributed by atoms with Gasteiger partial charge in [0.15, 0.2) is 23.1 Å². The van der Waals surface area contributed by atoms with Gasteiger partial charge in [-0.3, -0.25) is 14.6 Å². The van der Waals surface area contributed by atoms with Crippen molar-refractivity contribution in [3.05, 3.63) is 47.7 Å². The number of halogens is 3. The van der Waals surface area contributed by atoms with Gasteiger partial charge in [-0.1, -0.05) is 6.07 Å². The number of carbonyl (C=O) groups excluding carboxylic acids is 2. The largest absolute Gasteiger partial charge is 0.497 e.